The van der Waals surface area contributed by atoms with Gasteiger partial charge in [-0.1, -0.05) is 39.7 Å². The number of hydrogen-bond donors (Lipinski definition) is 2. The molecule has 0 unspecified atom stereocenters. The van der Waals surface area contributed by atoms with Gasteiger partial charge in [-0.05, 0) is 42.3 Å². The maximum absolute atomic E-state index is 11.3. The lowest BCUT2D eigenvalue weighted by Crippen LogP contribution is -2.29. The summed E-state index contributed by atoms with van der Waals surface area (Å²) < 4.78 is 6.67. The standard InChI is InChI=1S/C15H14BrClN2O2/c1-9-6-12(16)7-13(17)14(9)21-8-10-2-4-11(5-3-10)15(20)19-18/h2-7H,8,18H2,1H3,(H,19,20). The Bertz CT molecular complexity index is 636. The first-order chi connectivity index (χ1) is 10.0. The SMILES string of the molecule is Cc1cc(Br)cc(Cl)c1OCc1ccc(C(=O)NN)cc1. The zero-order chi connectivity index (χ0) is 15.4. The minimum absolute atomic E-state index is 0.325. The molecule has 2 aromatic rings. The average molecular weight is 370 g/mol. The molecule has 0 heterocycles. The predicted molar refractivity (Wildman–Crippen MR) is 86.3 cm³/mol. The Kier molecular flexibility index (Phi) is 5.22. The summed E-state index contributed by atoms with van der Waals surface area (Å²) >= 11 is 9.55. The molecule has 3 N–H and O–H groups in total. The molecule has 0 aliphatic carbocycles. The fourth-order valence-corrected chi connectivity index (χ4v) is 2.89. The molecule has 1 amide bonds. The second-order valence-electron chi connectivity index (χ2n) is 4.49. The van der Waals surface area contributed by atoms with E-state index in [0.717, 1.165) is 15.6 Å². The molecule has 6 heteroatoms. The Balaban J connectivity index is 2.08. The normalized spacial score (nSPS) is 10.3. The van der Waals surface area contributed by atoms with Crippen LogP contribution in [0.4, 0.5) is 0 Å². The number of rotatable bonds is 4. The minimum atomic E-state index is -0.325. The summed E-state index contributed by atoms with van der Waals surface area (Å²) in [4.78, 5) is 11.3. The number of ether oxygens (including phenoxy) is 1. The Labute approximate surface area is 136 Å². The summed E-state index contributed by atoms with van der Waals surface area (Å²) in [7, 11) is 0. The Hall–Kier alpha value is -1.56. The lowest BCUT2D eigenvalue weighted by atomic mass is 10.1. The highest BCUT2D eigenvalue weighted by atomic mass is 79.9. The van der Waals surface area contributed by atoms with Gasteiger partial charge in [0.25, 0.3) is 5.91 Å². The Morgan fingerprint density at radius 2 is 2.00 bits per heavy atom. The summed E-state index contributed by atoms with van der Waals surface area (Å²) in [6.45, 7) is 2.30. The molecule has 0 bridgehead atoms. The first kappa shape index (κ1) is 15.8. The molecule has 0 saturated heterocycles. The number of carbonyl (C=O) groups excluding carboxylic acids is 1. The third kappa shape index (κ3) is 3.97. The fraction of sp³-hybridized carbons (Fsp3) is 0.133. The molecule has 0 aliphatic rings. The molecular weight excluding hydrogens is 356 g/mol. The van der Waals surface area contributed by atoms with E-state index < -0.39 is 0 Å². The van der Waals surface area contributed by atoms with Crippen molar-refractivity contribution in [1.29, 1.82) is 0 Å². The molecule has 2 rings (SSSR count). The van der Waals surface area contributed by atoms with Crippen molar-refractivity contribution in [3.8, 4) is 5.75 Å². The highest BCUT2D eigenvalue weighted by Crippen LogP contribution is 2.32. The maximum atomic E-state index is 11.3. The zero-order valence-corrected chi connectivity index (χ0v) is 13.7. The third-order valence-corrected chi connectivity index (χ3v) is 3.66. The molecule has 0 atom stereocenters. The topological polar surface area (TPSA) is 64.3 Å². The number of nitrogens with one attached hydrogen (secondary N) is 1. The van der Waals surface area contributed by atoms with E-state index in [9.17, 15) is 4.79 Å². The monoisotopic (exact) mass is 368 g/mol. The minimum Gasteiger partial charge on any atom is -0.487 e. The highest BCUT2D eigenvalue weighted by Gasteiger charge is 2.08. The molecule has 110 valence electrons. The van der Waals surface area contributed by atoms with E-state index >= 15 is 0 Å². The van der Waals surface area contributed by atoms with Crippen LogP contribution in [0.2, 0.25) is 5.02 Å². The number of nitrogen functional groups attached to an aromatic ring is 1. The van der Waals surface area contributed by atoms with E-state index in [4.69, 9.17) is 22.2 Å². The van der Waals surface area contributed by atoms with Crippen molar-refractivity contribution >= 4 is 33.4 Å². The summed E-state index contributed by atoms with van der Waals surface area (Å²) in [6.07, 6.45) is 0. The molecular formula is C15H14BrClN2O2. The first-order valence-electron chi connectivity index (χ1n) is 6.19. The number of amides is 1. The summed E-state index contributed by atoms with van der Waals surface area (Å²) in [5.74, 6) is 5.41. The van der Waals surface area contributed by atoms with Crippen LogP contribution in [0.1, 0.15) is 21.5 Å². The van der Waals surface area contributed by atoms with Gasteiger partial charge in [0.2, 0.25) is 0 Å². The van der Waals surface area contributed by atoms with Crippen molar-refractivity contribution in [3.05, 3.63) is 62.6 Å². The quantitative estimate of drug-likeness (QED) is 0.492. The molecule has 0 fully saturated rings. The second-order valence-corrected chi connectivity index (χ2v) is 5.82. The van der Waals surface area contributed by atoms with E-state index in [1.807, 2.05) is 25.1 Å². The van der Waals surface area contributed by atoms with E-state index in [0.29, 0.717) is 22.9 Å². The van der Waals surface area contributed by atoms with Gasteiger partial charge < -0.3 is 4.74 Å². The number of aryl methyl sites for hydroxylation is 1. The van der Waals surface area contributed by atoms with Gasteiger partial charge in [0.1, 0.15) is 12.4 Å². The molecule has 4 nitrogen and oxygen atoms in total. The third-order valence-electron chi connectivity index (χ3n) is 2.92. The van der Waals surface area contributed by atoms with Gasteiger partial charge in [-0.25, -0.2) is 5.84 Å². The van der Waals surface area contributed by atoms with Gasteiger partial charge in [0.05, 0.1) is 5.02 Å². The van der Waals surface area contributed by atoms with Crippen LogP contribution >= 0.6 is 27.5 Å². The van der Waals surface area contributed by atoms with Gasteiger partial charge in [0.15, 0.2) is 0 Å². The van der Waals surface area contributed by atoms with Crippen LogP contribution in [0.15, 0.2) is 40.9 Å². The van der Waals surface area contributed by atoms with Gasteiger partial charge >= 0.3 is 0 Å². The van der Waals surface area contributed by atoms with Crippen molar-refractivity contribution in [1.82, 2.24) is 5.43 Å². The fourth-order valence-electron chi connectivity index (χ4n) is 1.86. The molecule has 0 aliphatic heterocycles. The summed E-state index contributed by atoms with van der Waals surface area (Å²) in [5.41, 5.74) is 4.47. The molecule has 0 radical (unpaired) electrons. The van der Waals surface area contributed by atoms with Crippen LogP contribution in [0.25, 0.3) is 0 Å². The van der Waals surface area contributed by atoms with Crippen LogP contribution in [0.5, 0.6) is 5.75 Å². The molecule has 0 aromatic heterocycles. The molecule has 0 spiro atoms. The van der Waals surface area contributed by atoms with Gasteiger partial charge in [0, 0.05) is 10.0 Å². The summed E-state index contributed by atoms with van der Waals surface area (Å²) in [5, 5.41) is 0.556. The second kappa shape index (κ2) is 6.93. The lowest BCUT2D eigenvalue weighted by Gasteiger charge is -2.12. The number of hydrogen-bond acceptors (Lipinski definition) is 3. The Morgan fingerprint density at radius 3 is 2.57 bits per heavy atom. The Morgan fingerprint density at radius 1 is 1.33 bits per heavy atom. The van der Waals surface area contributed by atoms with E-state index in [-0.39, 0.29) is 5.91 Å². The van der Waals surface area contributed by atoms with Crippen LogP contribution in [0, 0.1) is 6.92 Å². The van der Waals surface area contributed by atoms with E-state index in [1.54, 1.807) is 18.2 Å². The smallest absolute Gasteiger partial charge is 0.265 e. The van der Waals surface area contributed by atoms with Crippen LogP contribution < -0.4 is 16.0 Å². The van der Waals surface area contributed by atoms with E-state index in [2.05, 4.69) is 21.4 Å². The van der Waals surface area contributed by atoms with Gasteiger partial charge in [-0.3, -0.25) is 10.2 Å². The molecule has 0 saturated carbocycles. The van der Waals surface area contributed by atoms with Gasteiger partial charge in [-0.15, -0.1) is 0 Å². The van der Waals surface area contributed by atoms with Crippen molar-refractivity contribution in [3.63, 3.8) is 0 Å². The van der Waals surface area contributed by atoms with Crippen molar-refractivity contribution < 1.29 is 9.53 Å². The van der Waals surface area contributed by atoms with E-state index in [1.165, 1.54) is 0 Å². The summed E-state index contributed by atoms with van der Waals surface area (Å²) in [6, 6.07) is 10.7. The number of halogens is 2. The lowest BCUT2D eigenvalue weighted by molar-refractivity contribution is 0.0953. The highest BCUT2D eigenvalue weighted by molar-refractivity contribution is 9.10. The number of nitrogens with two attached hydrogens (primary N) is 1. The first-order valence-corrected chi connectivity index (χ1v) is 7.36. The van der Waals surface area contributed by atoms with Gasteiger partial charge in [-0.2, -0.15) is 0 Å². The van der Waals surface area contributed by atoms with Crippen molar-refractivity contribution in [2.75, 3.05) is 0 Å². The largest absolute Gasteiger partial charge is 0.487 e. The maximum Gasteiger partial charge on any atom is 0.265 e. The zero-order valence-electron chi connectivity index (χ0n) is 11.3. The van der Waals surface area contributed by atoms with Crippen molar-refractivity contribution in [2.24, 2.45) is 5.84 Å². The van der Waals surface area contributed by atoms with Crippen molar-refractivity contribution in [2.45, 2.75) is 13.5 Å². The predicted octanol–water partition coefficient (Wildman–Crippen LogP) is 3.59. The number of benzene rings is 2. The van der Waals surface area contributed by atoms with Crippen LogP contribution in [0.3, 0.4) is 0 Å². The molecule has 2 aromatic carbocycles. The van der Waals surface area contributed by atoms with Crippen LogP contribution in [-0.2, 0) is 6.61 Å². The number of hydrazine groups is 1. The molecule has 21 heavy (non-hydrogen) atoms. The number of carbonyl (C=O) groups is 1. The average Bonchev–Trinajstić information content (AvgIpc) is 2.46. The van der Waals surface area contributed by atoms with Crippen LogP contribution in [-0.4, -0.2) is 5.91 Å².